The Morgan fingerprint density at radius 2 is 2.25 bits per heavy atom. The molecular formula is C11H19N3O2. The van der Waals surface area contributed by atoms with Crippen molar-refractivity contribution in [1.29, 1.82) is 0 Å². The molecule has 0 bridgehead atoms. The highest BCUT2D eigenvalue weighted by Gasteiger charge is 2.09. The first-order chi connectivity index (χ1) is 7.65. The Balaban J connectivity index is 2.31. The number of nitrogens with zero attached hydrogens (tertiary/aromatic N) is 2. The van der Waals surface area contributed by atoms with Crippen molar-refractivity contribution in [2.45, 2.75) is 33.2 Å². The summed E-state index contributed by atoms with van der Waals surface area (Å²) in [5, 5.41) is 3.91. The summed E-state index contributed by atoms with van der Waals surface area (Å²) in [6, 6.07) is 1.65. The third-order valence-corrected chi connectivity index (χ3v) is 2.59. The number of carbonyl (C=O) groups is 1. The molecule has 0 saturated heterocycles. The number of nitrogens with two attached hydrogens (primary N) is 1. The molecule has 0 aliphatic carbocycles. The maximum atomic E-state index is 11.4. The van der Waals surface area contributed by atoms with Crippen LogP contribution in [0, 0.1) is 5.92 Å². The fraction of sp³-hybridized carbons (Fsp3) is 0.636. The van der Waals surface area contributed by atoms with Gasteiger partial charge in [-0.15, -0.1) is 0 Å². The van der Waals surface area contributed by atoms with Crippen LogP contribution in [0.4, 0.5) is 5.82 Å². The van der Waals surface area contributed by atoms with E-state index in [0.717, 1.165) is 12.8 Å². The largest absolute Gasteiger partial charge is 0.464 e. The second-order valence-corrected chi connectivity index (χ2v) is 3.80. The molecule has 0 fully saturated rings. The van der Waals surface area contributed by atoms with E-state index >= 15 is 0 Å². The lowest BCUT2D eigenvalue weighted by Gasteiger charge is -2.12. The molecule has 5 heteroatoms. The normalized spacial score (nSPS) is 10.7. The second-order valence-electron chi connectivity index (χ2n) is 3.80. The van der Waals surface area contributed by atoms with Crippen molar-refractivity contribution < 1.29 is 9.53 Å². The third kappa shape index (κ3) is 3.92. The maximum Gasteiger partial charge on any atom is 0.327 e. The Hall–Kier alpha value is -1.52. The first-order valence-corrected chi connectivity index (χ1v) is 5.60. The summed E-state index contributed by atoms with van der Waals surface area (Å²) in [4.78, 5) is 11.4. The zero-order valence-electron chi connectivity index (χ0n) is 9.85. The number of carbonyl (C=O) groups excluding carboxylic acids is 1. The molecule has 2 N–H and O–H groups in total. The summed E-state index contributed by atoms with van der Waals surface area (Å²) in [6.07, 6.45) is 3.71. The molecule has 5 nitrogen and oxygen atoms in total. The molecule has 0 unspecified atom stereocenters. The van der Waals surface area contributed by atoms with E-state index in [0.29, 0.717) is 18.3 Å². The van der Waals surface area contributed by atoms with Crippen molar-refractivity contribution in [1.82, 2.24) is 9.78 Å². The Kier molecular flexibility index (Phi) is 4.82. The highest BCUT2D eigenvalue weighted by Crippen LogP contribution is 2.07. The second kappa shape index (κ2) is 6.15. The summed E-state index contributed by atoms with van der Waals surface area (Å²) >= 11 is 0. The van der Waals surface area contributed by atoms with Gasteiger partial charge in [-0.25, -0.2) is 0 Å². The van der Waals surface area contributed by atoms with Crippen LogP contribution < -0.4 is 5.73 Å². The molecule has 0 amide bonds. The zero-order chi connectivity index (χ0) is 12.0. The fourth-order valence-corrected chi connectivity index (χ4v) is 1.38. The molecule has 0 aromatic carbocycles. The van der Waals surface area contributed by atoms with Gasteiger partial charge in [0.05, 0.1) is 6.61 Å². The Labute approximate surface area is 95.6 Å². The maximum absolute atomic E-state index is 11.4. The molecule has 0 atom stereocenters. The molecule has 0 saturated carbocycles. The molecular weight excluding hydrogens is 206 g/mol. The summed E-state index contributed by atoms with van der Waals surface area (Å²) in [7, 11) is 0. The van der Waals surface area contributed by atoms with Crippen LogP contribution in [0.5, 0.6) is 0 Å². The van der Waals surface area contributed by atoms with E-state index in [9.17, 15) is 4.79 Å². The van der Waals surface area contributed by atoms with E-state index in [2.05, 4.69) is 18.9 Å². The van der Waals surface area contributed by atoms with Crippen LogP contribution in [0.1, 0.15) is 26.7 Å². The number of esters is 1. The summed E-state index contributed by atoms with van der Waals surface area (Å²) in [5.74, 6) is 0.592. The topological polar surface area (TPSA) is 70.1 Å². The van der Waals surface area contributed by atoms with Crippen LogP contribution in [-0.4, -0.2) is 22.4 Å². The van der Waals surface area contributed by atoms with Gasteiger partial charge in [-0.3, -0.25) is 9.48 Å². The summed E-state index contributed by atoms with van der Waals surface area (Å²) < 4.78 is 6.64. The predicted octanol–water partition coefficient (Wildman–Crippen LogP) is 1.44. The standard InChI is InChI=1S/C11H19N3O2/c1-3-9(4-2)8-16-11(15)7-14-6-5-10(12)13-14/h5-6,9H,3-4,7-8H2,1-2H3,(H2,12,13). The quantitative estimate of drug-likeness (QED) is 0.744. The van der Waals surface area contributed by atoms with Gasteiger partial charge in [0.25, 0.3) is 0 Å². The number of aromatic nitrogens is 2. The number of hydrogen-bond acceptors (Lipinski definition) is 4. The number of rotatable bonds is 6. The SMILES string of the molecule is CCC(CC)COC(=O)Cn1ccc(N)n1. The van der Waals surface area contributed by atoms with Gasteiger partial charge in [0.1, 0.15) is 12.4 Å². The monoisotopic (exact) mass is 225 g/mol. The van der Waals surface area contributed by atoms with E-state index in [1.807, 2.05) is 0 Å². The molecule has 0 aliphatic rings. The Bertz CT molecular complexity index is 332. The first-order valence-electron chi connectivity index (χ1n) is 5.60. The third-order valence-electron chi connectivity index (χ3n) is 2.59. The molecule has 0 aliphatic heterocycles. The first kappa shape index (κ1) is 12.5. The molecule has 0 spiro atoms. The van der Waals surface area contributed by atoms with E-state index < -0.39 is 0 Å². The summed E-state index contributed by atoms with van der Waals surface area (Å²) in [5.41, 5.74) is 5.44. The number of ether oxygens (including phenoxy) is 1. The number of nitrogen functional groups attached to an aromatic ring is 1. The van der Waals surface area contributed by atoms with Gasteiger partial charge in [-0.05, 0) is 12.0 Å². The molecule has 1 aromatic rings. The van der Waals surface area contributed by atoms with Crippen LogP contribution in [0.3, 0.4) is 0 Å². The van der Waals surface area contributed by atoms with Gasteiger partial charge in [-0.2, -0.15) is 5.10 Å². The molecule has 16 heavy (non-hydrogen) atoms. The average Bonchev–Trinajstić information content (AvgIpc) is 2.65. The van der Waals surface area contributed by atoms with Crippen molar-refractivity contribution >= 4 is 11.8 Å². The highest BCUT2D eigenvalue weighted by atomic mass is 16.5. The average molecular weight is 225 g/mol. The lowest BCUT2D eigenvalue weighted by atomic mass is 10.1. The molecule has 1 heterocycles. The predicted molar refractivity (Wildman–Crippen MR) is 61.7 cm³/mol. The molecule has 90 valence electrons. The Morgan fingerprint density at radius 3 is 2.75 bits per heavy atom. The van der Waals surface area contributed by atoms with Crippen molar-refractivity contribution in [3.63, 3.8) is 0 Å². The van der Waals surface area contributed by atoms with Gasteiger partial charge >= 0.3 is 5.97 Å². The fourth-order valence-electron chi connectivity index (χ4n) is 1.38. The van der Waals surface area contributed by atoms with Crippen LogP contribution >= 0.6 is 0 Å². The van der Waals surface area contributed by atoms with Crippen molar-refractivity contribution in [2.24, 2.45) is 5.92 Å². The van der Waals surface area contributed by atoms with Crippen LogP contribution in [0.25, 0.3) is 0 Å². The van der Waals surface area contributed by atoms with Crippen LogP contribution in [0.2, 0.25) is 0 Å². The minimum absolute atomic E-state index is 0.122. The van der Waals surface area contributed by atoms with Gasteiger partial charge in [0, 0.05) is 6.20 Å². The lowest BCUT2D eigenvalue weighted by molar-refractivity contribution is -0.146. The molecule has 1 aromatic heterocycles. The summed E-state index contributed by atoms with van der Waals surface area (Å²) in [6.45, 7) is 4.80. The van der Waals surface area contributed by atoms with Gasteiger partial charge in [0.15, 0.2) is 0 Å². The van der Waals surface area contributed by atoms with E-state index in [1.54, 1.807) is 12.3 Å². The van der Waals surface area contributed by atoms with Gasteiger partial charge in [-0.1, -0.05) is 26.7 Å². The van der Waals surface area contributed by atoms with Crippen LogP contribution in [-0.2, 0) is 16.1 Å². The minimum Gasteiger partial charge on any atom is -0.464 e. The van der Waals surface area contributed by atoms with Crippen molar-refractivity contribution in [3.05, 3.63) is 12.3 Å². The molecule has 1 rings (SSSR count). The number of anilines is 1. The van der Waals surface area contributed by atoms with Crippen molar-refractivity contribution in [3.8, 4) is 0 Å². The van der Waals surface area contributed by atoms with E-state index in [1.165, 1.54) is 4.68 Å². The van der Waals surface area contributed by atoms with E-state index in [-0.39, 0.29) is 12.5 Å². The number of hydrogen-bond donors (Lipinski definition) is 1. The smallest absolute Gasteiger partial charge is 0.327 e. The Morgan fingerprint density at radius 1 is 1.56 bits per heavy atom. The minimum atomic E-state index is -0.269. The highest BCUT2D eigenvalue weighted by molar-refractivity contribution is 5.69. The van der Waals surface area contributed by atoms with Gasteiger partial charge < -0.3 is 10.5 Å². The van der Waals surface area contributed by atoms with Crippen molar-refractivity contribution in [2.75, 3.05) is 12.3 Å². The zero-order valence-corrected chi connectivity index (χ0v) is 9.85. The lowest BCUT2D eigenvalue weighted by Crippen LogP contribution is -2.18. The van der Waals surface area contributed by atoms with Crippen LogP contribution in [0.15, 0.2) is 12.3 Å². The van der Waals surface area contributed by atoms with Gasteiger partial charge in [0.2, 0.25) is 0 Å². The molecule has 0 radical (unpaired) electrons. The van der Waals surface area contributed by atoms with E-state index in [4.69, 9.17) is 10.5 Å².